The third-order valence-corrected chi connectivity index (χ3v) is 8.10. The minimum absolute atomic E-state index is 0.0666. The second kappa shape index (κ2) is 11.1. The first kappa shape index (κ1) is 29.6. The molecule has 0 spiro atoms. The van der Waals surface area contributed by atoms with Gasteiger partial charge in [-0.25, -0.2) is 9.78 Å². The largest absolute Gasteiger partial charge is 0.458 e. The molecule has 4 aromatic rings. The number of ether oxygens (including phenoxy) is 1. The molecular formula is C29H28N6O7S. The van der Waals surface area contributed by atoms with Crippen LogP contribution in [0.15, 0.2) is 74.5 Å². The topological polar surface area (TPSA) is 213 Å². The summed E-state index contributed by atoms with van der Waals surface area (Å²) in [6.45, 7) is 3.71. The molecule has 6 rings (SSSR count). The number of carbonyl (C=O) groups is 1. The fourth-order valence-corrected chi connectivity index (χ4v) is 5.43. The molecule has 0 amide bonds. The maximum absolute atomic E-state index is 13.2. The highest BCUT2D eigenvalue weighted by molar-refractivity contribution is 7.85. The van der Waals surface area contributed by atoms with Crippen molar-refractivity contribution in [3.05, 3.63) is 92.8 Å². The molecule has 43 heavy (non-hydrogen) atoms. The van der Waals surface area contributed by atoms with Gasteiger partial charge >= 0.3 is 5.97 Å². The van der Waals surface area contributed by atoms with Gasteiger partial charge in [-0.3, -0.25) is 9.35 Å². The summed E-state index contributed by atoms with van der Waals surface area (Å²) in [6.07, 6.45) is 1.61. The van der Waals surface area contributed by atoms with Crippen molar-refractivity contribution >= 4 is 39.2 Å². The first-order valence-electron chi connectivity index (χ1n) is 13.1. The number of guanidine groups is 1. The highest BCUT2D eigenvalue weighted by Crippen LogP contribution is 2.38. The lowest BCUT2D eigenvalue weighted by Crippen LogP contribution is -2.44. The molecule has 1 atom stereocenters. The van der Waals surface area contributed by atoms with Crippen LogP contribution in [0, 0.1) is 6.92 Å². The van der Waals surface area contributed by atoms with Crippen LogP contribution in [0.5, 0.6) is 0 Å². The molecule has 222 valence electrons. The van der Waals surface area contributed by atoms with Crippen molar-refractivity contribution in [2.24, 2.45) is 21.7 Å². The zero-order valence-electron chi connectivity index (χ0n) is 23.2. The SMILES string of the molecule is CCC1(O)C(=O)OCc2c1cc1n(c2=O)Cc2cc3ccc(/C=N/N=C(N)N)cc3nc2-1.Cc1ccc(S(=O)(=O)O)cc1. The smallest absolute Gasteiger partial charge is 0.343 e. The molecule has 0 saturated heterocycles. The normalized spacial score (nSPS) is 17.0. The van der Waals surface area contributed by atoms with E-state index in [2.05, 4.69) is 10.2 Å². The number of esters is 1. The Balaban J connectivity index is 0.000000283. The summed E-state index contributed by atoms with van der Waals surface area (Å²) in [5.74, 6) is -0.884. The molecule has 13 nitrogen and oxygen atoms in total. The average molecular weight is 605 g/mol. The summed E-state index contributed by atoms with van der Waals surface area (Å²) in [7, 11) is -4.02. The van der Waals surface area contributed by atoms with Gasteiger partial charge in [0, 0.05) is 16.5 Å². The van der Waals surface area contributed by atoms with Gasteiger partial charge in [0.15, 0.2) is 5.60 Å². The van der Waals surface area contributed by atoms with Gasteiger partial charge in [-0.15, -0.1) is 5.10 Å². The van der Waals surface area contributed by atoms with E-state index in [1.54, 1.807) is 29.7 Å². The Morgan fingerprint density at radius 3 is 2.51 bits per heavy atom. The molecule has 0 radical (unpaired) electrons. The Morgan fingerprint density at radius 1 is 1.14 bits per heavy atom. The van der Waals surface area contributed by atoms with Crippen LogP contribution in [-0.4, -0.2) is 45.8 Å². The number of aryl methyl sites for hydroxylation is 1. The highest BCUT2D eigenvalue weighted by Gasteiger charge is 2.45. The van der Waals surface area contributed by atoms with E-state index in [1.807, 2.05) is 31.2 Å². The van der Waals surface area contributed by atoms with Crippen LogP contribution in [0.25, 0.3) is 22.3 Å². The van der Waals surface area contributed by atoms with E-state index in [9.17, 15) is 23.1 Å². The van der Waals surface area contributed by atoms with Gasteiger partial charge < -0.3 is 25.9 Å². The lowest BCUT2D eigenvalue weighted by Gasteiger charge is -2.31. The molecule has 6 N–H and O–H groups in total. The standard InChI is InChI=1S/C22H20N6O4.C7H8O3S/c1-2-22(31)15-7-17-18-13(9-28(17)19(29)14(15)10-32-20(22)30)6-12-4-3-11(5-16(12)26-18)8-25-27-21(23)24;1-6-2-4-7(5-3-6)11(8,9)10/h3-8,31H,2,9-10H2,1H3,(H4,23,24,27);2-5H,1H3,(H,8,9,10)/b25-8+;. The fourth-order valence-electron chi connectivity index (χ4n) is 4.95. The van der Waals surface area contributed by atoms with Crippen LogP contribution in [0.2, 0.25) is 0 Å². The van der Waals surface area contributed by atoms with Crippen LogP contribution < -0.4 is 17.0 Å². The second-order valence-electron chi connectivity index (χ2n) is 10.1. The van der Waals surface area contributed by atoms with Crippen molar-refractivity contribution in [1.82, 2.24) is 9.55 Å². The summed E-state index contributed by atoms with van der Waals surface area (Å²) < 4.78 is 36.3. The third-order valence-electron chi connectivity index (χ3n) is 7.23. The molecule has 2 aliphatic heterocycles. The number of hydrogen-bond donors (Lipinski definition) is 4. The predicted molar refractivity (Wildman–Crippen MR) is 159 cm³/mol. The maximum atomic E-state index is 13.2. The molecule has 14 heteroatoms. The lowest BCUT2D eigenvalue weighted by atomic mass is 9.86. The van der Waals surface area contributed by atoms with E-state index in [0.717, 1.165) is 22.1 Å². The molecule has 2 aromatic heterocycles. The zero-order chi connectivity index (χ0) is 31.1. The number of nitrogens with zero attached hydrogens (tertiary/aromatic N) is 4. The first-order chi connectivity index (χ1) is 20.3. The number of benzene rings is 2. The van der Waals surface area contributed by atoms with Gasteiger partial charge in [0.1, 0.15) is 6.61 Å². The quantitative estimate of drug-likeness (QED) is 0.0769. The Bertz CT molecular complexity index is 2000. The summed E-state index contributed by atoms with van der Waals surface area (Å²) in [5, 5.41) is 19.3. The number of aromatic nitrogens is 2. The Hall–Kier alpha value is -4.92. The number of rotatable bonds is 4. The molecule has 0 bridgehead atoms. The molecule has 0 saturated carbocycles. The van der Waals surface area contributed by atoms with Gasteiger partial charge in [-0.05, 0) is 49.2 Å². The number of pyridine rings is 2. The van der Waals surface area contributed by atoms with E-state index < -0.39 is 21.7 Å². The molecule has 0 fully saturated rings. The van der Waals surface area contributed by atoms with Crippen molar-refractivity contribution in [3.63, 3.8) is 0 Å². The number of cyclic esters (lactones) is 1. The van der Waals surface area contributed by atoms with E-state index >= 15 is 0 Å². The molecular weight excluding hydrogens is 576 g/mol. The van der Waals surface area contributed by atoms with Gasteiger partial charge in [0.2, 0.25) is 5.96 Å². The van der Waals surface area contributed by atoms with E-state index in [0.29, 0.717) is 34.6 Å². The van der Waals surface area contributed by atoms with Crippen LogP contribution in [-0.2, 0) is 38.4 Å². The second-order valence-corrected chi connectivity index (χ2v) is 11.5. The van der Waals surface area contributed by atoms with Crippen LogP contribution in [0.3, 0.4) is 0 Å². The van der Waals surface area contributed by atoms with Crippen molar-refractivity contribution < 1.29 is 27.6 Å². The van der Waals surface area contributed by atoms with Crippen LogP contribution in [0.4, 0.5) is 0 Å². The average Bonchev–Trinajstić information content (AvgIpc) is 3.31. The van der Waals surface area contributed by atoms with Gasteiger partial charge in [0.05, 0.1) is 40.1 Å². The van der Waals surface area contributed by atoms with Gasteiger partial charge in [-0.1, -0.05) is 36.8 Å². The van der Waals surface area contributed by atoms with E-state index in [4.69, 9.17) is 25.7 Å². The number of nitrogens with two attached hydrogens (primary N) is 2. The Labute approximate surface area is 245 Å². The maximum Gasteiger partial charge on any atom is 0.343 e. The first-order valence-corrected chi connectivity index (χ1v) is 14.5. The predicted octanol–water partition coefficient (Wildman–Crippen LogP) is 1.93. The summed E-state index contributed by atoms with van der Waals surface area (Å²) >= 11 is 0. The fraction of sp³-hybridized carbons (Fsp3) is 0.207. The summed E-state index contributed by atoms with van der Waals surface area (Å²) in [4.78, 5) is 30.2. The van der Waals surface area contributed by atoms with E-state index in [-0.39, 0.29) is 29.4 Å². The minimum Gasteiger partial charge on any atom is -0.458 e. The van der Waals surface area contributed by atoms with Crippen LogP contribution >= 0.6 is 0 Å². The molecule has 4 heterocycles. The van der Waals surface area contributed by atoms with Crippen molar-refractivity contribution in [2.45, 2.75) is 43.9 Å². The zero-order valence-corrected chi connectivity index (χ0v) is 24.0. The monoisotopic (exact) mass is 604 g/mol. The van der Waals surface area contributed by atoms with Crippen LogP contribution in [0.1, 0.15) is 41.2 Å². The summed E-state index contributed by atoms with van der Waals surface area (Å²) in [5.41, 5.74) is 13.5. The van der Waals surface area contributed by atoms with E-state index in [1.165, 1.54) is 18.3 Å². The Kier molecular flexibility index (Phi) is 7.60. The van der Waals surface area contributed by atoms with Crippen molar-refractivity contribution in [1.29, 1.82) is 0 Å². The molecule has 2 aromatic carbocycles. The highest BCUT2D eigenvalue weighted by atomic mass is 32.2. The van der Waals surface area contributed by atoms with Crippen molar-refractivity contribution in [3.8, 4) is 11.4 Å². The molecule has 2 aliphatic rings. The number of carbonyl (C=O) groups excluding carboxylic acids is 1. The minimum atomic E-state index is -4.02. The third kappa shape index (κ3) is 5.62. The van der Waals surface area contributed by atoms with Crippen molar-refractivity contribution in [2.75, 3.05) is 0 Å². The molecule has 0 aliphatic carbocycles. The lowest BCUT2D eigenvalue weighted by molar-refractivity contribution is -0.172. The number of hydrogen-bond acceptors (Lipinski definition) is 9. The summed E-state index contributed by atoms with van der Waals surface area (Å²) in [6, 6.07) is 15.3. The van der Waals surface area contributed by atoms with Gasteiger partial charge in [-0.2, -0.15) is 13.5 Å². The number of fused-ring (bicyclic) bond motifs is 5. The molecule has 1 unspecified atom stereocenters. The van der Waals surface area contributed by atoms with Gasteiger partial charge in [0.25, 0.3) is 15.7 Å². The number of aliphatic hydroxyl groups is 1. The Morgan fingerprint density at radius 2 is 1.86 bits per heavy atom.